The monoisotopic (exact) mass is 312 g/mol. The molecule has 0 saturated carbocycles. The molecule has 0 spiro atoms. The highest BCUT2D eigenvalue weighted by Crippen LogP contribution is 2.09. The van der Waals surface area contributed by atoms with Crippen molar-refractivity contribution in [3.8, 4) is 0 Å². The van der Waals surface area contributed by atoms with E-state index < -0.39 is 0 Å². The fourth-order valence-corrected chi connectivity index (χ4v) is 2.93. The van der Waals surface area contributed by atoms with Crippen molar-refractivity contribution in [3.05, 3.63) is 0 Å². The molecule has 124 valence electrons. The molecule has 3 fully saturated rings. The molecule has 0 bridgehead atoms. The summed E-state index contributed by atoms with van der Waals surface area (Å²) in [5.41, 5.74) is 0. The van der Waals surface area contributed by atoms with E-state index in [0.717, 1.165) is 26.2 Å². The van der Waals surface area contributed by atoms with Crippen LogP contribution in [0, 0.1) is 0 Å². The Bertz CT molecular complexity index is 370. The van der Waals surface area contributed by atoms with E-state index in [9.17, 15) is 9.59 Å². The largest absolute Gasteiger partial charge is 0.379 e. The molecule has 3 saturated heterocycles. The van der Waals surface area contributed by atoms with Crippen LogP contribution in [0.5, 0.6) is 0 Å². The number of morpholine rings is 2. The molecule has 0 aliphatic carbocycles. The highest BCUT2D eigenvalue weighted by molar-refractivity contribution is 5.92. The molecule has 3 heterocycles. The number of rotatable bonds is 4. The van der Waals surface area contributed by atoms with Gasteiger partial charge in [-0.05, 0) is 0 Å². The number of carbonyl (C=O) groups excluding carboxylic acids is 2. The van der Waals surface area contributed by atoms with Crippen LogP contribution in [0.25, 0.3) is 0 Å². The van der Waals surface area contributed by atoms with Gasteiger partial charge in [-0.25, -0.2) is 0 Å². The van der Waals surface area contributed by atoms with Gasteiger partial charge >= 0.3 is 0 Å². The van der Waals surface area contributed by atoms with Crippen molar-refractivity contribution in [2.75, 3.05) is 79.0 Å². The molecule has 8 heteroatoms. The Morgan fingerprint density at radius 3 is 1.41 bits per heavy atom. The first-order chi connectivity index (χ1) is 10.7. The van der Waals surface area contributed by atoms with Crippen LogP contribution in [-0.2, 0) is 19.1 Å². The predicted molar refractivity (Wildman–Crippen MR) is 77.9 cm³/mol. The van der Waals surface area contributed by atoms with Crippen molar-refractivity contribution in [2.45, 2.75) is 0 Å². The van der Waals surface area contributed by atoms with Gasteiger partial charge in [-0.15, -0.1) is 0 Å². The third kappa shape index (κ3) is 3.95. The number of hydrogen-bond acceptors (Lipinski definition) is 6. The Balaban J connectivity index is 1.49. The van der Waals surface area contributed by atoms with Crippen molar-refractivity contribution < 1.29 is 19.1 Å². The van der Waals surface area contributed by atoms with Crippen LogP contribution in [0.2, 0.25) is 0 Å². The Morgan fingerprint density at radius 2 is 1.05 bits per heavy atom. The van der Waals surface area contributed by atoms with Gasteiger partial charge in [0.2, 0.25) is 11.8 Å². The summed E-state index contributed by atoms with van der Waals surface area (Å²) in [5.74, 6) is 0.0544. The van der Waals surface area contributed by atoms with E-state index in [2.05, 4.69) is 9.80 Å². The number of amides is 2. The molecule has 2 amide bonds. The Hall–Kier alpha value is -1.22. The molecule has 0 atom stereocenters. The number of hydrogen-bond donors (Lipinski definition) is 0. The van der Waals surface area contributed by atoms with E-state index in [-0.39, 0.29) is 24.9 Å². The van der Waals surface area contributed by atoms with Gasteiger partial charge in [0, 0.05) is 26.2 Å². The third-order valence-electron chi connectivity index (χ3n) is 4.31. The fourth-order valence-electron chi connectivity index (χ4n) is 2.93. The maximum atomic E-state index is 12.3. The topological polar surface area (TPSA) is 65.6 Å². The molecule has 0 unspecified atom stereocenters. The number of carbonyl (C=O) groups is 2. The van der Waals surface area contributed by atoms with Gasteiger partial charge < -0.3 is 19.3 Å². The molecule has 3 aliphatic heterocycles. The van der Waals surface area contributed by atoms with E-state index in [0.29, 0.717) is 39.8 Å². The summed E-state index contributed by atoms with van der Waals surface area (Å²) in [6.45, 7) is 7.45. The second-order valence-electron chi connectivity index (χ2n) is 5.93. The van der Waals surface area contributed by atoms with Crippen LogP contribution in [0.1, 0.15) is 0 Å². The second kappa shape index (κ2) is 7.36. The van der Waals surface area contributed by atoms with Gasteiger partial charge in [0.15, 0.2) is 0 Å². The van der Waals surface area contributed by atoms with Crippen LogP contribution in [-0.4, -0.2) is 110 Å². The normalized spacial score (nSPS) is 25.8. The average molecular weight is 312 g/mol. The summed E-state index contributed by atoms with van der Waals surface area (Å²) in [5, 5.41) is 0. The standard InChI is InChI=1S/C14H24N4O4/c19-13-10-18(12-16-3-7-22-8-4-16)14(20)9-17(13)11-15-1-5-21-6-2-15/h1-12H2. The number of ether oxygens (including phenoxy) is 2. The maximum Gasteiger partial charge on any atom is 0.243 e. The van der Waals surface area contributed by atoms with Crippen molar-refractivity contribution in [3.63, 3.8) is 0 Å². The van der Waals surface area contributed by atoms with Gasteiger partial charge in [0.1, 0.15) is 13.1 Å². The summed E-state index contributed by atoms with van der Waals surface area (Å²) in [6.07, 6.45) is 0. The fraction of sp³-hybridized carbons (Fsp3) is 0.857. The lowest BCUT2D eigenvalue weighted by Crippen LogP contribution is -2.59. The van der Waals surface area contributed by atoms with Gasteiger partial charge in [-0.3, -0.25) is 19.4 Å². The lowest BCUT2D eigenvalue weighted by molar-refractivity contribution is -0.155. The van der Waals surface area contributed by atoms with Crippen LogP contribution in [0.3, 0.4) is 0 Å². The van der Waals surface area contributed by atoms with Crippen LogP contribution in [0.4, 0.5) is 0 Å². The van der Waals surface area contributed by atoms with Crippen molar-refractivity contribution >= 4 is 11.8 Å². The molecular formula is C14H24N4O4. The first-order valence-electron chi connectivity index (χ1n) is 7.88. The molecule has 0 aromatic carbocycles. The molecule has 0 aromatic heterocycles. The quantitative estimate of drug-likeness (QED) is 0.613. The van der Waals surface area contributed by atoms with Crippen LogP contribution >= 0.6 is 0 Å². The van der Waals surface area contributed by atoms with E-state index >= 15 is 0 Å². The molecule has 22 heavy (non-hydrogen) atoms. The minimum Gasteiger partial charge on any atom is -0.379 e. The Labute approximate surface area is 130 Å². The molecular weight excluding hydrogens is 288 g/mol. The molecule has 0 radical (unpaired) electrons. The summed E-state index contributed by atoms with van der Waals surface area (Å²) in [7, 11) is 0. The molecule has 0 aromatic rings. The van der Waals surface area contributed by atoms with Gasteiger partial charge in [-0.1, -0.05) is 0 Å². The SMILES string of the molecule is O=C1CN(CN2CCOCC2)C(=O)CN1CN1CCOCC1. The summed E-state index contributed by atoms with van der Waals surface area (Å²) >= 11 is 0. The van der Waals surface area contributed by atoms with Gasteiger partial charge in [0.25, 0.3) is 0 Å². The zero-order valence-corrected chi connectivity index (χ0v) is 12.9. The first kappa shape index (κ1) is 15.7. The van der Waals surface area contributed by atoms with E-state index in [1.807, 2.05) is 0 Å². The zero-order chi connectivity index (χ0) is 15.4. The smallest absolute Gasteiger partial charge is 0.243 e. The second-order valence-corrected chi connectivity index (χ2v) is 5.93. The predicted octanol–water partition coefficient (Wildman–Crippen LogP) is -1.76. The van der Waals surface area contributed by atoms with Crippen LogP contribution in [0.15, 0.2) is 0 Å². The Morgan fingerprint density at radius 1 is 0.682 bits per heavy atom. The molecule has 0 N–H and O–H groups in total. The summed E-state index contributed by atoms with van der Waals surface area (Å²) in [6, 6.07) is 0. The minimum absolute atomic E-state index is 0.0272. The summed E-state index contributed by atoms with van der Waals surface area (Å²) < 4.78 is 10.6. The minimum atomic E-state index is 0.0272. The average Bonchev–Trinajstić information content (AvgIpc) is 2.54. The van der Waals surface area contributed by atoms with Crippen molar-refractivity contribution in [2.24, 2.45) is 0 Å². The Kier molecular flexibility index (Phi) is 5.24. The first-order valence-corrected chi connectivity index (χ1v) is 7.88. The number of piperazine rings is 1. The van der Waals surface area contributed by atoms with E-state index in [4.69, 9.17) is 9.47 Å². The third-order valence-corrected chi connectivity index (χ3v) is 4.31. The van der Waals surface area contributed by atoms with Crippen molar-refractivity contribution in [1.29, 1.82) is 0 Å². The molecule has 3 aliphatic rings. The highest BCUT2D eigenvalue weighted by atomic mass is 16.5. The number of nitrogens with zero attached hydrogens (tertiary/aromatic N) is 4. The van der Waals surface area contributed by atoms with Crippen molar-refractivity contribution in [1.82, 2.24) is 19.6 Å². The van der Waals surface area contributed by atoms with Gasteiger partial charge in [-0.2, -0.15) is 0 Å². The summed E-state index contributed by atoms with van der Waals surface area (Å²) in [4.78, 5) is 32.2. The molecule has 8 nitrogen and oxygen atoms in total. The van der Waals surface area contributed by atoms with Gasteiger partial charge in [0.05, 0.1) is 39.8 Å². The molecule has 3 rings (SSSR count). The lowest BCUT2D eigenvalue weighted by atomic mass is 10.3. The van der Waals surface area contributed by atoms with E-state index in [1.165, 1.54) is 0 Å². The zero-order valence-electron chi connectivity index (χ0n) is 12.9. The van der Waals surface area contributed by atoms with E-state index in [1.54, 1.807) is 9.80 Å². The van der Waals surface area contributed by atoms with Crippen LogP contribution < -0.4 is 0 Å². The highest BCUT2D eigenvalue weighted by Gasteiger charge is 2.32. The maximum absolute atomic E-state index is 12.3. The lowest BCUT2D eigenvalue weighted by Gasteiger charge is -2.39.